The zero-order valence-electron chi connectivity index (χ0n) is 26.1. The van der Waals surface area contributed by atoms with E-state index in [-0.39, 0.29) is 45.4 Å². The summed E-state index contributed by atoms with van der Waals surface area (Å²) in [4.78, 5) is 50.1. The fourth-order valence-corrected chi connectivity index (χ4v) is 4.54. The molecule has 8 N–H and O–H groups in total. The summed E-state index contributed by atoms with van der Waals surface area (Å²) in [5, 5.41) is 58.0. The molecule has 262 valence electrons. The predicted octanol–water partition coefficient (Wildman–Crippen LogP) is -3.26. The topological polar surface area (TPSA) is 261 Å². The number of carboxylic acid groups (broad SMARTS) is 1. The zero-order chi connectivity index (χ0) is 34.0. The van der Waals surface area contributed by atoms with Gasteiger partial charge in [0.1, 0.15) is 31.0 Å². The fourth-order valence-electron chi connectivity index (χ4n) is 4.54. The molecule has 0 radical (unpaired) electrons. The number of amides is 3. The van der Waals surface area contributed by atoms with Gasteiger partial charge in [-0.15, -0.1) is 0 Å². The summed E-state index contributed by atoms with van der Waals surface area (Å²) in [6.45, 7) is 2.52. The summed E-state index contributed by atoms with van der Waals surface area (Å²) < 4.78 is 31.0. The van der Waals surface area contributed by atoms with Crippen LogP contribution in [0.3, 0.4) is 0 Å². The molecule has 1 aliphatic rings. The van der Waals surface area contributed by atoms with Gasteiger partial charge in [-0.25, -0.2) is 9.59 Å². The Balaban J connectivity index is 2.91. The zero-order valence-corrected chi connectivity index (χ0v) is 26.1. The van der Waals surface area contributed by atoms with Crippen molar-refractivity contribution < 1.29 is 73.1 Å². The van der Waals surface area contributed by atoms with Gasteiger partial charge in [0.05, 0.1) is 64.9 Å². The van der Waals surface area contributed by atoms with Gasteiger partial charge in [-0.2, -0.15) is 0 Å². The van der Waals surface area contributed by atoms with Gasteiger partial charge in [0.25, 0.3) is 0 Å². The van der Waals surface area contributed by atoms with E-state index in [2.05, 4.69) is 16.0 Å². The van der Waals surface area contributed by atoms with E-state index in [0.29, 0.717) is 13.2 Å². The second-order valence-corrected chi connectivity index (χ2v) is 10.8. The number of methoxy groups -OCH3 is 2. The van der Waals surface area contributed by atoms with Crippen LogP contribution in [0.25, 0.3) is 0 Å². The summed E-state index contributed by atoms with van der Waals surface area (Å²) in [6.07, 6.45) is -8.36. The normalized spacial score (nSPS) is 23.5. The Morgan fingerprint density at radius 1 is 0.978 bits per heavy atom. The lowest BCUT2D eigenvalue weighted by Crippen LogP contribution is -2.68. The summed E-state index contributed by atoms with van der Waals surface area (Å²) in [7, 11) is 2.96. The lowest BCUT2D eigenvalue weighted by atomic mass is 9.79. The summed E-state index contributed by atoms with van der Waals surface area (Å²) in [5.41, 5.74) is -1.95. The number of alkyl carbamates (subject to hydrolysis) is 1. The molecular weight excluding hydrogens is 606 g/mol. The highest BCUT2D eigenvalue weighted by atomic mass is 16.6. The maximum Gasteiger partial charge on any atom is 0.407 e. The van der Waals surface area contributed by atoms with Crippen LogP contribution >= 0.6 is 0 Å². The molecule has 1 saturated heterocycles. The minimum absolute atomic E-state index is 0.0569. The number of carbonyl (C=O) groups excluding carboxylic acids is 3. The number of carbonyl (C=O) groups is 4. The van der Waals surface area contributed by atoms with Crippen LogP contribution in [0.1, 0.15) is 26.7 Å². The highest BCUT2D eigenvalue weighted by Crippen LogP contribution is 2.36. The first-order valence-corrected chi connectivity index (χ1v) is 14.5. The SMILES string of the molecule is COCCOCCOC(=O)NC(COCCOC)C(=O)NCC(=O)NC1C(O)CC(CC(C)C)(C(=O)O)OC1C(O)C(O)CO. The summed E-state index contributed by atoms with van der Waals surface area (Å²) in [6, 6.07) is -2.72. The minimum Gasteiger partial charge on any atom is -0.479 e. The van der Waals surface area contributed by atoms with Crippen LogP contribution < -0.4 is 16.0 Å². The standard InChI is InChI=1S/C27H49N3O15/c1-16(2)11-27(25(37)38)12-18(32)21(23(45-27)22(35)19(33)14-31)30-20(34)13-28-24(36)17(15-43-8-6-41-4)29-26(39)44-10-9-42-7-5-40-3/h16-19,21-23,31-33,35H,5-15H2,1-4H3,(H,28,36)(H,29,39)(H,30,34)(H,37,38). The van der Waals surface area contributed by atoms with Crippen molar-refractivity contribution in [3.05, 3.63) is 0 Å². The number of ether oxygens (including phenoxy) is 6. The first-order valence-electron chi connectivity index (χ1n) is 14.5. The number of hydrogen-bond acceptors (Lipinski definition) is 14. The molecule has 0 aromatic rings. The maximum absolute atomic E-state index is 12.9. The monoisotopic (exact) mass is 655 g/mol. The van der Waals surface area contributed by atoms with Crippen LogP contribution in [-0.4, -0.2) is 165 Å². The average Bonchev–Trinajstić information content (AvgIpc) is 2.99. The van der Waals surface area contributed by atoms with Gasteiger partial charge in [0.2, 0.25) is 11.8 Å². The van der Waals surface area contributed by atoms with Gasteiger partial charge in [0.15, 0.2) is 5.60 Å². The highest BCUT2D eigenvalue weighted by Gasteiger charge is 2.54. The van der Waals surface area contributed by atoms with Crippen LogP contribution in [0.2, 0.25) is 0 Å². The fraction of sp³-hybridized carbons (Fsp3) is 0.852. The lowest BCUT2D eigenvalue weighted by molar-refractivity contribution is -0.233. The number of carboxylic acids is 1. The van der Waals surface area contributed by atoms with E-state index in [1.165, 1.54) is 14.2 Å². The third-order valence-corrected chi connectivity index (χ3v) is 6.68. The summed E-state index contributed by atoms with van der Waals surface area (Å²) >= 11 is 0. The van der Waals surface area contributed by atoms with Crippen molar-refractivity contribution >= 4 is 23.9 Å². The Hall–Kier alpha value is -2.68. The van der Waals surface area contributed by atoms with E-state index < -0.39 is 85.5 Å². The molecule has 45 heavy (non-hydrogen) atoms. The van der Waals surface area contributed by atoms with Crippen LogP contribution in [0.4, 0.5) is 4.79 Å². The predicted molar refractivity (Wildman–Crippen MR) is 153 cm³/mol. The third-order valence-electron chi connectivity index (χ3n) is 6.68. The first-order chi connectivity index (χ1) is 21.3. The van der Waals surface area contributed by atoms with E-state index >= 15 is 0 Å². The van der Waals surface area contributed by atoms with Crippen molar-refractivity contribution in [2.45, 2.75) is 68.8 Å². The number of rotatable bonds is 22. The van der Waals surface area contributed by atoms with Gasteiger partial charge in [0, 0.05) is 20.6 Å². The second kappa shape index (κ2) is 21.2. The molecule has 1 heterocycles. The molecule has 0 bridgehead atoms. The van der Waals surface area contributed by atoms with Gasteiger partial charge in [-0.05, 0) is 12.3 Å². The van der Waals surface area contributed by atoms with Crippen LogP contribution in [0, 0.1) is 5.92 Å². The van der Waals surface area contributed by atoms with Crippen LogP contribution in [0.15, 0.2) is 0 Å². The van der Waals surface area contributed by atoms with Crippen molar-refractivity contribution in [1.82, 2.24) is 16.0 Å². The Morgan fingerprint density at radius 3 is 2.18 bits per heavy atom. The second-order valence-electron chi connectivity index (χ2n) is 10.8. The maximum atomic E-state index is 12.9. The average molecular weight is 656 g/mol. The Labute approximate surface area is 261 Å². The van der Waals surface area contributed by atoms with Crippen molar-refractivity contribution in [1.29, 1.82) is 0 Å². The van der Waals surface area contributed by atoms with E-state index in [1.807, 2.05) is 0 Å². The van der Waals surface area contributed by atoms with Crippen molar-refractivity contribution in [2.24, 2.45) is 5.92 Å². The highest BCUT2D eigenvalue weighted by molar-refractivity contribution is 5.89. The molecule has 0 spiro atoms. The van der Waals surface area contributed by atoms with E-state index in [4.69, 9.17) is 28.4 Å². The van der Waals surface area contributed by atoms with E-state index in [0.717, 1.165) is 0 Å². The van der Waals surface area contributed by atoms with Crippen molar-refractivity contribution in [2.75, 3.05) is 73.6 Å². The molecular formula is C27H49N3O15. The number of aliphatic carboxylic acids is 1. The van der Waals surface area contributed by atoms with Gasteiger partial charge in [-0.3, -0.25) is 9.59 Å². The molecule has 1 aliphatic heterocycles. The largest absolute Gasteiger partial charge is 0.479 e. The Morgan fingerprint density at radius 2 is 1.60 bits per heavy atom. The first kappa shape index (κ1) is 40.3. The third kappa shape index (κ3) is 14.1. The van der Waals surface area contributed by atoms with Crippen LogP contribution in [-0.2, 0) is 42.8 Å². The van der Waals surface area contributed by atoms with Crippen molar-refractivity contribution in [3.8, 4) is 0 Å². The molecule has 7 atom stereocenters. The Kier molecular flexibility index (Phi) is 19.0. The quantitative estimate of drug-likeness (QED) is 0.0533. The molecule has 18 heteroatoms. The molecule has 18 nitrogen and oxygen atoms in total. The molecule has 0 aromatic heterocycles. The summed E-state index contributed by atoms with van der Waals surface area (Å²) in [5.74, 6) is -3.33. The number of nitrogens with one attached hydrogen (secondary N) is 3. The molecule has 1 rings (SSSR count). The van der Waals surface area contributed by atoms with E-state index in [1.54, 1.807) is 13.8 Å². The Bertz CT molecular complexity index is 911. The number of hydrogen-bond donors (Lipinski definition) is 8. The molecule has 0 aliphatic carbocycles. The molecule has 1 fully saturated rings. The molecule has 7 unspecified atom stereocenters. The molecule has 3 amide bonds. The smallest absolute Gasteiger partial charge is 0.407 e. The minimum atomic E-state index is -1.95. The number of aliphatic hydroxyl groups is 4. The van der Waals surface area contributed by atoms with E-state index in [9.17, 15) is 44.7 Å². The van der Waals surface area contributed by atoms with Crippen LogP contribution in [0.5, 0.6) is 0 Å². The van der Waals surface area contributed by atoms with Gasteiger partial charge in [-0.1, -0.05) is 13.8 Å². The molecule has 0 saturated carbocycles. The van der Waals surface area contributed by atoms with Crippen molar-refractivity contribution in [3.63, 3.8) is 0 Å². The van der Waals surface area contributed by atoms with Gasteiger partial charge >= 0.3 is 12.1 Å². The lowest BCUT2D eigenvalue weighted by Gasteiger charge is -2.47. The molecule has 0 aromatic carbocycles. The van der Waals surface area contributed by atoms with Gasteiger partial charge < -0.3 is 69.9 Å². The number of aliphatic hydroxyl groups excluding tert-OH is 4.